The van der Waals surface area contributed by atoms with Gasteiger partial charge in [0.1, 0.15) is 6.61 Å². The molecule has 1 aromatic heterocycles. The summed E-state index contributed by atoms with van der Waals surface area (Å²) in [6, 6.07) is 10.1. The van der Waals surface area contributed by atoms with E-state index in [1.54, 1.807) is 6.20 Å². The highest BCUT2D eigenvalue weighted by atomic mass is 79.9. The number of nitrogens with one attached hydrogen (secondary N) is 1. The van der Waals surface area contributed by atoms with Gasteiger partial charge in [0.25, 0.3) is 0 Å². The van der Waals surface area contributed by atoms with E-state index in [1.807, 2.05) is 49.5 Å². The smallest absolute Gasteiger partial charge is 0.228 e. The first kappa shape index (κ1) is 15.5. The first-order valence-corrected chi connectivity index (χ1v) is 7.37. The Hall–Kier alpha value is -1.85. The maximum Gasteiger partial charge on any atom is 0.228 e. The third kappa shape index (κ3) is 4.58. The first-order valence-electron chi connectivity index (χ1n) is 6.58. The highest BCUT2D eigenvalue weighted by molar-refractivity contribution is 9.10. The maximum absolute atomic E-state index is 8.74. The molecule has 0 bridgehead atoms. The number of halogens is 1. The van der Waals surface area contributed by atoms with Gasteiger partial charge in [0.2, 0.25) is 5.88 Å². The van der Waals surface area contributed by atoms with E-state index in [1.165, 1.54) is 0 Å². The summed E-state index contributed by atoms with van der Waals surface area (Å²) in [6.07, 6.45) is 5.75. The molecule has 0 saturated carbocycles. The van der Waals surface area contributed by atoms with E-state index in [0.717, 1.165) is 21.3 Å². The second-order valence-electron chi connectivity index (χ2n) is 4.33. The zero-order chi connectivity index (χ0) is 15.1. The van der Waals surface area contributed by atoms with Gasteiger partial charge in [-0.3, -0.25) is 0 Å². The minimum absolute atomic E-state index is 0.0294. The third-order valence-electron chi connectivity index (χ3n) is 2.83. The second kappa shape index (κ2) is 7.81. The lowest BCUT2D eigenvalue weighted by atomic mass is 10.1. The molecule has 2 N–H and O–H groups in total. The summed E-state index contributed by atoms with van der Waals surface area (Å²) in [4.78, 5) is 4.21. The van der Waals surface area contributed by atoms with Crippen LogP contribution in [0.25, 0.3) is 12.2 Å². The van der Waals surface area contributed by atoms with Gasteiger partial charge in [-0.1, -0.05) is 24.3 Å². The van der Waals surface area contributed by atoms with Crippen LogP contribution < -0.4 is 10.1 Å². The quantitative estimate of drug-likeness (QED) is 0.839. The molecule has 1 heterocycles. The van der Waals surface area contributed by atoms with Crippen molar-refractivity contribution in [2.45, 2.75) is 0 Å². The molecule has 0 unspecified atom stereocenters. The Kier molecular flexibility index (Phi) is 5.78. The van der Waals surface area contributed by atoms with Crippen LogP contribution in [-0.4, -0.2) is 30.4 Å². The van der Waals surface area contributed by atoms with Crippen LogP contribution in [0.4, 0.5) is 5.69 Å². The average molecular weight is 349 g/mol. The number of hydrogen-bond donors (Lipinski definition) is 2. The SMILES string of the molecule is CNc1ccc(C=Cc2cnc(OCCO)c(Br)c2)cc1. The highest BCUT2D eigenvalue weighted by Crippen LogP contribution is 2.24. The third-order valence-corrected chi connectivity index (χ3v) is 3.39. The molecule has 5 heteroatoms. The predicted molar refractivity (Wildman–Crippen MR) is 89.4 cm³/mol. The van der Waals surface area contributed by atoms with Gasteiger partial charge in [-0.2, -0.15) is 0 Å². The molecule has 0 aliphatic carbocycles. The molecular formula is C16H17BrN2O2. The van der Waals surface area contributed by atoms with Crippen molar-refractivity contribution >= 4 is 33.8 Å². The van der Waals surface area contributed by atoms with E-state index < -0.39 is 0 Å². The summed E-state index contributed by atoms with van der Waals surface area (Å²) < 4.78 is 6.06. The largest absolute Gasteiger partial charge is 0.474 e. The van der Waals surface area contributed by atoms with Crippen molar-refractivity contribution < 1.29 is 9.84 Å². The predicted octanol–water partition coefficient (Wildman–Crippen LogP) is 3.43. The molecule has 0 spiro atoms. The highest BCUT2D eigenvalue weighted by Gasteiger charge is 2.02. The normalized spacial score (nSPS) is 10.8. The summed E-state index contributed by atoms with van der Waals surface area (Å²) in [5.41, 5.74) is 3.17. The Morgan fingerprint density at radius 2 is 1.95 bits per heavy atom. The molecule has 0 radical (unpaired) electrons. The zero-order valence-electron chi connectivity index (χ0n) is 11.7. The van der Waals surface area contributed by atoms with Gasteiger partial charge in [0, 0.05) is 18.9 Å². The number of aliphatic hydroxyl groups is 1. The van der Waals surface area contributed by atoms with Gasteiger partial charge in [-0.25, -0.2) is 4.98 Å². The molecule has 21 heavy (non-hydrogen) atoms. The summed E-state index contributed by atoms with van der Waals surface area (Å²) in [5, 5.41) is 11.8. The van der Waals surface area contributed by atoms with E-state index in [0.29, 0.717) is 5.88 Å². The average Bonchev–Trinajstić information content (AvgIpc) is 2.52. The lowest BCUT2D eigenvalue weighted by Crippen LogP contribution is -2.03. The van der Waals surface area contributed by atoms with Crippen molar-refractivity contribution in [2.24, 2.45) is 0 Å². The summed E-state index contributed by atoms with van der Waals surface area (Å²) >= 11 is 3.41. The van der Waals surface area contributed by atoms with Gasteiger partial charge in [-0.05, 0) is 45.3 Å². The standard InChI is InChI=1S/C16H17BrN2O2/c1-18-14-6-4-12(5-7-14)2-3-13-10-15(17)16(19-11-13)21-9-8-20/h2-7,10-11,18,20H,8-9H2,1H3. The monoisotopic (exact) mass is 348 g/mol. The summed E-state index contributed by atoms with van der Waals surface area (Å²) in [5.74, 6) is 0.486. The molecule has 0 fully saturated rings. The van der Waals surface area contributed by atoms with Gasteiger partial charge in [0.05, 0.1) is 11.1 Å². The number of ether oxygens (including phenoxy) is 1. The molecule has 110 valence electrons. The van der Waals surface area contributed by atoms with Crippen LogP contribution in [0.1, 0.15) is 11.1 Å². The van der Waals surface area contributed by atoms with Crippen molar-refractivity contribution in [1.82, 2.24) is 4.98 Å². The Bertz CT molecular complexity index is 612. The number of hydrogen-bond acceptors (Lipinski definition) is 4. The molecular weight excluding hydrogens is 332 g/mol. The fourth-order valence-electron chi connectivity index (χ4n) is 1.73. The van der Waals surface area contributed by atoms with Crippen LogP contribution in [0.15, 0.2) is 41.0 Å². The van der Waals surface area contributed by atoms with Gasteiger partial charge in [-0.15, -0.1) is 0 Å². The summed E-state index contributed by atoms with van der Waals surface area (Å²) in [6.45, 7) is 0.205. The first-order chi connectivity index (χ1) is 10.2. The lowest BCUT2D eigenvalue weighted by Gasteiger charge is -2.05. The van der Waals surface area contributed by atoms with Gasteiger partial charge < -0.3 is 15.2 Å². The van der Waals surface area contributed by atoms with Gasteiger partial charge in [0.15, 0.2) is 0 Å². The van der Waals surface area contributed by atoms with E-state index in [9.17, 15) is 0 Å². The molecule has 0 aliphatic heterocycles. The number of aliphatic hydroxyl groups excluding tert-OH is 1. The van der Waals surface area contributed by atoms with Crippen molar-refractivity contribution in [3.8, 4) is 5.88 Å². The molecule has 4 nitrogen and oxygen atoms in total. The van der Waals surface area contributed by atoms with Crippen LogP contribution in [-0.2, 0) is 0 Å². The Morgan fingerprint density at radius 1 is 1.24 bits per heavy atom. The van der Waals surface area contributed by atoms with Crippen molar-refractivity contribution in [3.63, 3.8) is 0 Å². The van der Waals surface area contributed by atoms with E-state index in [4.69, 9.17) is 9.84 Å². The van der Waals surface area contributed by atoms with E-state index in [-0.39, 0.29) is 13.2 Å². The number of aromatic nitrogens is 1. The number of rotatable bonds is 6. The summed E-state index contributed by atoms with van der Waals surface area (Å²) in [7, 11) is 1.90. The fraction of sp³-hybridized carbons (Fsp3) is 0.188. The van der Waals surface area contributed by atoms with Crippen molar-refractivity contribution in [3.05, 3.63) is 52.1 Å². The van der Waals surface area contributed by atoms with Crippen LogP contribution >= 0.6 is 15.9 Å². The second-order valence-corrected chi connectivity index (χ2v) is 5.19. The number of pyridine rings is 1. The molecule has 0 aliphatic rings. The molecule has 2 aromatic rings. The molecule has 0 atom stereocenters. The molecule has 0 saturated heterocycles. The maximum atomic E-state index is 8.74. The van der Waals surface area contributed by atoms with Gasteiger partial charge >= 0.3 is 0 Å². The Labute approximate surface area is 132 Å². The van der Waals surface area contributed by atoms with E-state index in [2.05, 4.69) is 26.2 Å². The number of benzene rings is 1. The Morgan fingerprint density at radius 3 is 2.57 bits per heavy atom. The lowest BCUT2D eigenvalue weighted by molar-refractivity contribution is 0.196. The Balaban J connectivity index is 2.07. The topological polar surface area (TPSA) is 54.4 Å². The van der Waals surface area contributed by atoms with Crippen molar-refractivity contribution in [1.29, 1.82) is 0 Å². The van der Waals surface area contributed by atoms with Crippen LogP contribution in [0.2, 0.25) is 0 Å². The minimum Gasteiger partial charge on any atom is -0.474 e. The van der Waals surface area contributed by atoms with Crippen molar-refractivity contribution in [2.75, 3.05) is 25.6 Å². The van der Waals surface area contributed by atoms with Crippen LogP contribution in [0.3, 0.4) is 0 Å². The molecule has 1 aromatic carbocycles. The molecule has 2 rings (SSSR count). The fourth-order valence-corrected chi connectivity index (χ4v) is 2.21. The number of anilines is 1. The molecule has 0 amide bonds. The minimum atomic E-state index is -0.0294. The van der Waals surface area contributed by atoms with Crippen LogP contribution in [0.5, 0.6) is 5.88 Å². The zero-order valence-corrected chi connectivity index (χ0v) is 13.3. The number of nitrogens with zero attached hydrogens (tertiary/aromatic N) is 1. The van der Waals surface area contributed by atoms with E-state index >= 15 is 0 Å². The van der Waals surface area contributed by atoms with Crippen LogP contribution in [0, 0.1) is 0 Å².